The van der Waals surface area contributed by atoms with E-state index in [0.717, 1.165) is 12.2 Å². The molecule has 0 bridgehead atoms. The highest BCUT2D eigenvalue weighted by molar-refractivity contribution is 5.06. The van der Waals surface area contributed by atoms with Crippen LogP contribution in [0.2, 0.25) is 0 Å². The molecule has 1 aliphatic rings. The minimum Gasteiger partial charge on any atom is -0.379 e. The van der Waals surface area contributed by atoms with E-state index in [1.165, 1.54) is 32.1 Å². The maximum absolute atomic E-state index is 5.83. The van der Waals surface area contributed by atoms with Gasteiger partial charge in [-0.05, 0) is 25.3 Å². The summed E-state index contributed by atoms with van der Waals surface area (Å²) in [6.45, 7) is 3.03. The fourth-order valence-corrected chi connectivity index (χ4v) is 3.14. The smallest absolute Gasteiger partial charge is 0.0810 e. The lowest BCUT2D eigenvalue weighted by Gasteiger charge is -2.34. The van der Waals surface area contributed by atoms with Gasteiger partial charge in [0.2, 0.25) is 0 Å². The first kappa shape index (κ1) is 14.4. The third kappa shape index (κ3) is 3.74. The molecule has 2 rings (SSSR count). The van der Waals surface area contributed by atoms with Crippen LogP contribution in [0, 0.1) is 5.92 Å². The van der Waals surface area contributed by atoms with E-state index in [0.29, 0.717) is 5.92 Å². The molecule has 1 N–H and O–H groups in total. The van der Waals surface area contributed by atoms with Crippen LogP contribution in [0.1, 0.15) is 50.8 Å². The van der Waals surface area contributed by atoms with Gasteiger partial charge in [-0.2, -0.15) is 0 Å². The summed E-state index contributed by atoms with van der Waals surface area (Å²) in [5.41, 5.74) is 0.988. The van der Waals surface area contributed by atoms with E-state index in [1.807, 2.05) is 13.3 Å². The van der Waals surface area contributed by atoms with E-state index in [-0.39, 0.29) is 12.1 Å². The Morgan fingerprint density at radius 3 is 2.68 bits per heavy atom. The van der Waals surface area contributed by atoms with Gasteiger partial charge in [0, 0.05) is 19.5 Å². The summed E-state index contributed by atoms with van der Waals surface area (Å²) < 4.78 is 5.83. The topological polar surface area (TPSA) is 47.0 Å². The molecule has 4 nitrogen and oxygen atoms in total. The van der Waals surface area contributed by atoms with E-state index in [2.05, 4.69) is 22.2 Å². The molecule has 1 aromatic heterocycles. The standard InChI is InChI=1S/C15H25N3O/c1-3-17-14(13-11-16-9-10-18-13)15(19-2)12-7-5-4-6-8-12/h9-12,14-15,17H,3-8H2,1-2H3. The summed E-state index contributed by atoms with van der Waals surface area (Å²) in [7, 11) is 1.82. The molecule has 0 aliphatic heterocycles. The summed E-state index contributed by atoms with van der Waals surface area (Å²) in [5.74, 6) is 0.629. The van der Waals surface area contributed by atoms with Crippen LogP contribution in [0.25, 0.3) is 0 Å². The molecule has 1 saturated carbocycles. The van der Waals surface area contributed by atoms with Gasteiger partial charge in [0.1, 0.15) is 0 Å². The Morgan fingerprint density at radius 1 is 1.32 bits per heavy atom. The van der Waals surface area contributed by atoms with Crippen molar-refractivity contribution in [1.82, 2.24) is 15.3 Å². The Labute approximate surface area is 116 Å². The molecule has 0 radical (unpaired) electrons. The monoisotopic (exact) mass is 263 g/mol. The number of aromatic nitrogens is 2. The van der Waals surface area contributed by atoms with Crippen LogP contribution in [0.15, 0.2) is 18.6 Å². The maximum Gasteiger partial charge on any atom is 0.0810 e. The van der Waals surface area contributed by atoms with Crippen LogP contribution in [-0.2, 0) is 4.74 Å². The van der Waals surface area contributed by atoms with Crippen LogP contribution in [0.3, 0.4) is 0 Å². The molecular weight excluding hydrogens is 238 g/mol. The molecular formula is C15H25N3O. The van der Waals surface area contributed by atoms with Crippen molar-refractivity contribution in [3.05, 3.63) is 24.3 Å². The molecule has 0 aromatic carbocycles. The highest BCUT2D eigenvalue weighted by atomic mass is 16.5. The highest BCUT2D eigenvalue weighted by Gasteiger charge is 2.32. The molecule has 1 aromatic rings. The molecule has 2 unspecified atom stereocenters. The Hall–Kier alpha value is -1.00. The third-order valence-electron chi connectivity index (χ3n) is 4.04. The zero-order valence-electron chi connectivity index (χ0n) is 12.0. The second kappa shape index (κ2) is 7.56. The van der Waals surface area contributed by atoms with Crippen molar-refractivity contribution in [2.24, 2.45) is 5.92 Å². The van der Waals surface area contributed by atoms with Gasteiger partial charge in [0.15, 0.2) is 0 Å². The zero-order chi connectivity index (χ0) is 13.5. The summed E-state index contributed by atoms with van der Waals surface area (Å²) in [5, 5.41) is 3.52. The number of likely N-dealkylation sites (N-methyl/N-ethyl adjacent to an activating group) is 1. The van der Waals surface area contributed by atoms with Crippen LogP contribution >= 0.6 is 0 Å². The minimum atomic E-state index is 0.145. The molecule has 19 heavy (non-hydrogen) atoms. The third-order valence-corrected chi connectivity index (χ3v) is 4.04. The second-order valence-corrected chi connectivity index (χ2v) is 5.26. The molecule has 1 fully saturated rings. The average molecular weight is 263 g/mol. The lowest BCUT2D eigenvalue weighted by Crippen LogP contribution is -2.39. The van der Waals surface area contributed by atoms with Gasteiger partial charge in [-0.3, -0.25) is 9.97 Å². The van der Waals surface area contributed by atoms with Gasteiger partial charge < -0.3 is 10.1 Å². The van der Waals surface area contributed by atoms with Gasteiger partial charge in [-0.15, -0.1) is 0 Å². The molecule has 106 valence electrons. The Morgan fingerprint density at radius 2 is 2.11 bits per heavy atom. The number of rotatable bonds is 6. The van der Waals surface area contributed by atoms with E-state index in [1.54, 1.807) is 12.4 Å². The first-order valence-electron chi connectivity index (χ1n) is 7.39. The number of ether oxygens (including phenoxy) is 1. The predicted octanol–water partition coefficient (Wildman–Crippen LogP) is 2.72. The number of methoxy groups -OCH3 is 1. The largest absolute Gasteiger partial charge is 0.379 e. The number of hydrogen-bond acceptors (Lipinski definition) is 4. The summed E-state index contributed by atoms with van der Waals surface area (Å²) in [6.07, 6.45) is 12.1. The lowest BCUT2D eigenvalue weighted by molar-refractivity contribution is 0.00679. The van der Waals surface area contributed by atoms with Gasteiger partial charge in [0.05, 0.1) is 24.0 Å². The van der Waals surface area contributed by atoms with Crippen molar-refractivity contribution in [3.63, 3.8) is 0 Å². The van der Waals surface area contributed by atoms with Gasteiger partial charge in [-0.25, -0.2) is 0 Å². The van der Waals surface area contributed by atoms with Crippen molar-refractivity contribution < 1.29 is 4.74 Å². The van der Waals surface area contributed by atoms with E-state index >= 15 is 0 Å². The zero-order valence-corrected chi connectivity index (χ0v) is 12.0. The summed E-state index contributed by atoms with van der Waals surface area (Å²) >= 11 is 0. The highest BCUT2D eigenvalue weighted by Crippen LogP contribution is 2.33. The van der Waals surface area contributed by atoms with Crippen LogP contribution in [0.5, 0.6) is 0 Å². The molecule has 0 amide bonds. The number of nitrogens with zero attached hydrogens (tertiary/aromatic N) is 2. The van der Waals surface area contributed by atoms with Crippen LogP contribution < -0.4 is 5.32 Å². The van der Waals surface area contributed by atoms with Gasteiger partial charge in [0.25, 0.3) is 0 Å². The normalized spacial score (nSPS) is 20.1. The van der Waals surface area contributed by atoms with Crippen molar-refractivity contribution >= 4 is 0 Å². The minimum absolute atomic E-state index is 0.145. The molecule has 0 spiro atoms. The molecule has 2 atom stereocenters. The van der Waals surface area contributed by atoms with Crippen molar-refractivity contribution in [1.29, 1.82) is 0 Å². The quantitative estimate of drug-likeness (QED) is 0.857. The van der Waals surface area contributed by atoms with Crippen molar-refractivity contribution in [2.75, 3.05) is 13.7 Å². The Kier molecular flexibility index (Phi) is 5.73. The Balaban J connectivity index is 2.15. The fourth-order valence-electron chi connectivity index (χ4n) is 3.14. The summed E-state index contributed by atoms with van der Waals surface area (Å²) in [4.78, 5) is 8.65. The number of nitrogens with one attached hydrogen (secondary N) is 1. The molecule has 1 aliphatic carbocycles. The lowest BCUT2D eigenvalue weighted by atomic mass is 9.82. The average Bonchev–Trinajstić information content (AvgIpc) is 2.49. The van der Waals surface area contributed by atoms with Crippen molar-refractivity contribution in [2.45, 2.75) is 51.2 Å². The molecule has 0 saturated heterocycles. The predicted molar refractivity (Wildman–Crippen MR) is 75.8 cm³/mol. The molecule has 4 heteroatoms. The second-order valence-electron chi connectivity index (χ2n) is 5.26. The van der Waals surface area contributed by atoms with Gasteiger partial charge >= 0.3 is 0 Å². The SMILES string of the molecule is CCNC(c1cnccn1)C(OC)C1CCCCC1. The van der Waals surface area contributed by atoms with E-state index < -0.39 is 0 Å². The van der Waals surface area contributed by atoms with Gasteiger partial charge in [-0.1, -0.05) is 26.2 Å². The van der Waals surface area contributed by atoms with Crippen LogP contribution in [-0.4, -0.2) is 29.7 Å². The molecule has 1 heterocycles. The van der Waals surface area contributed by atoms with Crippen LogP contribution in [0.4, 0.5) is 0 Å². The Bertz CT molecular complexity index is 352. The first-order chi connectivity index (χ1) is 9.36. The number of hydrogen-bond donors (Lipinski definition) is 1. The fraction of sp³-hybridized carbons (Fsp3) is 0.733. The summed E-state index contributed by atoms with van der Waals surface area (Å²) in [6, 6.07) is 0.145. The van der Waals surface area contributed by atoms with E-state index in [4.69, 9.17) is 4.74 Å². The maximum atomic E-state index is 5.83. The first-order valence-corrected chi connectivity index (χ1v) is 7.39. The van der Waals surface area contributed by atoms with E-state index in [9.17, 15) is 0 Å². The van der Waals surface area contributed by atoms with Crippen molar-refractivity contribution in [3.8, 4) is 0 Å².